The molecule has 1 saturated carbocycles. The lowest BCUT2D eigenvalue weighted by Crippen LogP contribution is -2.20. The van der Waals surface area contributed by atoms with Gasteiger partial charge < -0.3 is 10.6 Å². The predicted molar refractivity (Wildman–Crippen MR) is 89.4 cm³/mol. The third-order valence-corrected chi connectivity index (χ3v) is 4.06. The molecule has 118 valence electrons. The zero-order chi connectivity index (χ0) is 15.9. The van der Waals surface area contributed by atoms with Gasteiger partial charge in [0, 0.05) is 6.04 Å². The average molecular weight is 308 g/mol. The van der Waals surface area contributed by atoms with Crippen LogP contribution in [0.2, 0.25) is 0 Å². The van der Waals surface area contributed by atoms with Gasteiger partial charge in [0.15, 0.2) is 5.82 Å². The molecule has 1 fully saturated rings. The van der Waals surface area contributed by atoms with Crippen molar-refractivity contribution < 1.29 is 0 Å². The van der Waals surface area contributed by atoms with Gasteiger partial charge in [0.25, 0.3) is 0 Å². The minimum absolute atomic E-state index is 0.418. The number of hydrogen-bond acceptors (Lipinski definition) is 6. The summed E-state index contributed by atoms with van der Waals surface area (Å²) in [6, 6.07) is 9.90. The van der Waals surface area contributed by atoms with Gasteiger partial charge in [-0.1, -0.05) is 37.8 Å². The van der Waals surface area contributed by atoms with Crippen LogP contribution >= 0.6 is 0 Å². The molecule has 3 rings (SSSR count). The molecule has 2 aromatic rings. The quantitative estimate of drug-likeness (QED) is 0.839. The Kier molecular flexibility index (Phi) is 4.99. The lowest BCUT2D eigenvalue weighted by molar-refractivity contribution is 0.613. The summed E-state index contributed by atoms with van der Waals surface area (Å²) in [6.07, 6.45) is 8.98. The molecular formula is C17H20N6. The molecule has 6 nitrogen and oxygen atoms in total. The molecule has 23 heavy (non-hydrogen) atoms. The number of nitriles is 1. The van der Waals surface area contributed by atoms with Gasteiger partial charge in [-0.3, -0.25) is 0 Å². The molecule has 0 atom stereocenters. The summed E-state index contributed by atoms with van der Waals surface area (Å²) in [5, 5.41) is 23.7. The minimum Gasteiger partial charge on any atom is -0.350 e. The largest absolute Gasteiger partial charge is 0.350 e. The van der Waals surface area contributed by atoms with Crippen LogP contribution in [0.1, 0.15) is 44.1 Å². The van der Waals surface area contributed by atoms with E-state index in [2.05, 4.69) is 31.9 Å². The monoisotopic (exact) mass is 308 g/mol. The summed E-state index contributed by atoms with van der Waals surface area (Å²) in [5.74, 6) is 1.12. The van der Waals surface area contributed by atoms with Gasteiger partial charge in [-0.05, 0) is 25.0 Å². The van der Waals surface area contributed by atoms with E-state index in [9.17, 15) is 0 Å². The summed E-state index contributed by atoms with van der Waals surface area (Å²) in [5.41, 5.74) is 1.29. The first-order chi connectivity index (χ1) is 11.3. The van der Waals surface area contributed by atoms with E-state index >= 15 is 0 Å². The van der Waals surface area contributed by atoms with E-state index < -0.39 is 0 Å². The maximum Gasteiger partial charge on any atom is 0.244 e. The molecule has 0 radical (unpaired) electrons. The molecule has 2 N–H and O–H groups in total. The van der Waals surface area contributed by atoms with Gasteiger partial charge in [0.1, 0.15) is 6.07 Å². The highest BCUT2D eigenvalue weighted by Gasteiger charge is 2.13. The zero-order valence-corrected chi connectivity index (χ0v) is 13.0. The third kappa shape index (κ3) is 4.16. The van der Waals surface area contributed by atoms with Gasteiger partial charge >= 0.3 is 0 Å². The molecule has 0 saturated heterocycles. The lowest BCUT2D eigenvalue weighted by Gasteiger charge is -2.16. The topological polar surface area (TPSA) is 86.5 Å². The molecule has 0 aliphatic heterocycles. The average Bonchev–Trinajstić information content (AvgIpc) is 2.84. The number of benzene rings is 1. The first kappa shape index (κ1) is 15.2. The standard InChI is InChI=1S/C17H20N6/c18-11-13-7-5-6-10-15(13)21-16-12-19-23-17(22-16)20-14-8-3-1-2-4-9-14/h5-7,10,12,14H,1-4,8-9H2,(H2,20,21,22,23). The van der Waals surface area contributed by atoms with Crippen LogP contribution in [0.15, 0.2) is 30.5 Å². The smallest absolute Gasteiger partial charge is 0.244 e. The van der Waals surface area contributed by atoms with Crippen molar-refractivity contribution in [2.45, 2.75) is 44.6 Å². The number of hydrogen-bond donors (Lipinski definition) is 2. The molecule has 1 aromatic carbocycles. The Labute approximate surface area is 136 Å². The Bertz CT molecular complexity index is 685. The van der Waals surface area contributed by atoms with Gasteiger partial charge in [-0.15, -0.1) is 5.10 Å². The van der Waals surface area contributed by atoms with Crippen LogP contribution in [0.25, 0.3) is 0 Å². The van der Waals surface area contributed by atoms with Gasteiger partial charge in [-0.25, -0.2) is 0 Å². The van der Waals surface area contributed by atoms with Crippen LogP contribution in [0.3, 0.4) is 0 Å². The Morgan fingerprint density at radius 1 is 1.09 bits per heavy atom. The van der Waals surface area contributed by atoms with Crippen molar-refractivity contribution >= 4 is 17.5 Å². The second-order valence-electron chi connectivity index (χ2n) is 5.78. The van der Waals surface area contributed by atoms with Crippen molar-refractivity contribution in [1.82, 2.24) is 15.2 Å². The summed E-state index contributed by atoms with van der Waals surface area (Å²) >= 11 is 0. The highest BCUT2D eigenvalue weighted by atomic mass is 15.3. The number of para-hydroxylation sites is 1. The molecule has 1 aliphatic carbocycles. The summed E-state index contributed by atoms with van der Waals surface area (Å²) in [4.78, 5) is 4.46. The van der Waals surface area contributed by atoms with Gasteiger partial charge in [0.05, 0.1) is 17.4 Å². The second kappa shape index (κ2) is 7.54. The molecule has 1 heterocycles. The number of rotatable bonds is 4. The third-order valence-electron chi connectivity index (χ3n) is 4.06. The highest BCUT2D eigenvalue weighted by molar-refractivity contribution is 5.64. The number of nitrogens with zero attached hydrogens (tertiary/aromatic N) is 4. The summed E-state index contributed by atoms with van der Waals surface area (Å²) in [7, 11) is 0. The van der Waals surface area contributed by atoms with Crippen molar-refractivity contribution in [2.75, 3.05) is 10.6 Å². The van der Waals surface area contributed by atoms with Crippen LogP contribution in [0.5, 0.6) is 0 Å². The SMILES string of the molecule is N#Cc1ccccc1Nc1cnnc(NC2CCCCCC2)n1. The van der Waals surface area contributed by atoms with Crippen molar-refractivity contribution in [2.24, 2.45) is 0 Å². The highest BCUT2D eigenvalue weighted by Crippen LogP contribution is 2.21. The van der Waals surface area contributed by atoms with E-state index in [4.69, 9.17) is 5.26 Å². The number of nitrogens with one attached hydrogen (secondary N) is 2. The molecule has 1 aromatic heterocycles. The van der Waals surface area contributed by atoms with E-state index in [0.29, 0.717) is 23.4 Å². The van der Waals surface area contributed by atoms with E-state index in [-0.39, 0.29) is 0 Å². The zero-order valence-electron chi connectivity index (χ0n) is 13.0. The van der Waals surface area contributed by atoms with Crippen LogP contribution < -0.4 is 10.6 Å². The molecule has 6 heteroatoms. The summed E-state index contributed by atoms with van der Waals surface area (Å²) < 4.78 is 0. The summed E-state index contributed by atoms with van der Waals surface area (Å²) in [6.45, 7) is 0. The van der Waals surface area contributed by atoms with Crippen LogP contribution in [-0.2, 0) is 0 Å². The second-order valence-corrected chi connectivity index (χ2v) is 5.78. The Hall–Kier alpha value is -2.68. The fraction of sp³-hybridized carbons (Fsp3) is 0.412. The van der Waals surface area contributed by atoms with Crippen LogP contribution in [-0.4, -0.2) is 21.2 Å². The first-order valence-electron chi connectivity index (χ1n) is 8.07. The normalized spacial score (nSPS) is 15.4. The van der Waals surface area contributed by atoms with Crippen molar-refractivity contribution in [1.29, 1.82) is 5.26 Å². The molecule has 0 spiro atoms. The maximum absolute atomic E-state index is 9.14. The van der Waals surface area contributed by atoms with Gasteiger partial charge in [-0.2, -0.15) is 15.3 Å². The van der Waals surface area contributed by atoms with Crippen LogP contribution in [0, 0.1) is 11.3 Å². The molecule has 0 bridgehead atoms. The minimum atomic E-state index is 0.418. The Morgan fingerprint density at radius 3 is 2.65 bits per heavy atom. The van der Waals surface area contributed by atoms with E-state index in [0.717, 1.165) is 18.5 Å². The number of anilines is 3. The molecule has 0 amide bonds. The van der Waals surface area contributed by atoms with Gasteiger partial charge in [0.2, 0.25) is 5.95 Å². The van der Waals surface area contributed by atoms with E-state index in [1.807, 2.05) is 18.2 Å². The fourth-order valence-corrected chi connectivity index (χ4v) is 2.86. The maximum atomic E-state index is 9.14. The van der Waals surface area contributed by atoms with E-state index in [1.54, 1.807) is 12.3 Å². The van der Waals surface area contributed by atoms with Crippen molar-refractivity contribution in [3.8, 4) is 6.07 Å². The molecular weight excluding hydrogens is 288 g/mol. The number of aromatic nitrogens is 3. The van der Waals surface area contributed by atoms with Crippen molar-refractivity contribution in [3.05, 3.63) is 36.0 Å². The molecule has 1 aliphatic rings. The lowest BCUT2D eigenvalue weighted by atomic mass is 10.1. The predicted octanol–water partition coefficient (Wildman–Crippen LogP) is 3.62. The van der Waals surface area contributed by atoms with E-state index in [1.165, 1.54) is 25.7 Å². The fourth-order valence-electron chi connectivity index (χ4n) is 2.86. The van der Waals surface area contributed by atoms with Crippen molar-refractivity contribution in [3.63, 3.8) is 0 Å². The Morgan fingerprint density at radius 2 is 1.87 bits per heavy atom. The Balaban J connectivity index is 1.71. The first-order valence-corrected chi connectivity index (χ1v) is 8.07. The van der Waals surface area contributed by atoms with Crippen LogP contribution in [0.4, 0.5) is 17.5 Å². The molecule has 0 unspecified atom stereocenters.